The number of hydrogen-bond acceptors (Lipinski definition) is 3. The van der Waals surface area contributed by atoms with Gasteiger partial charge in [0, 0.05) is 6.04 Å². The molecule has 0 aromatic heterocycles. The summed E-state index contributed by atoms with van der Waals surface area (Å²) in [5, 5.41) is 24.0. The van der Waals surface area contributed by atoms with Crippen molar-refractivity contribution in [1.29, 1.82) is 0 Å². The lowest BCUT2D eigenvalue weighted by Gasteiger charge is -2.41. The first kappa shape index (κ1) is 14.1. The molecule has 4 N–H and O–H groups in total. The van der Waals surface area contributed by atoms with Crippen LogP contribution in [0.3, 0.4) is 0 Å². The van der Waals surface area contributed by atoms with Crippen LogP contribution in [0.4, 0.5) is 4.79 Å². The SMILES string of the molecule is O=C(O)CC1(NC(=O)NC2CCC(O)CC2)CCC1. The van der Waals surface area contributed by atoms with Crippen LogP contribution in [0.5, 0.6) is 0 Å². The van der Waals surface area contributed by atoms with E-state index in [2.05, 4.69) is 10.6 Å². The summed E-state index contributed by atoms with van der Waals surface area (Å²) in [4.78, 5) is 22.7. The van der Waals surface area contributed by atoms with Gasteiger partial charge in [-0.15, -0.1) is 0 Å². The van der Waals surface area contributed by atoms with Crippen LogP contribution in [-0.4, -0.2) is 39.9 Å². The highest BCUT2D eigenvalue weighted by Crippen LogP contribution is 2.34. The molecule has 0 unspecified atom stereocenters. The average Bonchev–Trinajstić information content (AvgIpc) is 2.28. The number of hydrogen-bond donors (Lipinski definition) is 4. The summed E-state index contributed by atoms with van der Waals surface area (Å²) in [6, 6.07) is -0.187. The van der Waals surface area contributed by atoms with Crippen LogP contribution in [0.25, 0.3) is 0 Å². The van der Waals surface area contributed by atoms with Crippen molar-refractivity contribution in [3.63, 3.8) is 0 Å². The molecule has 2 aliphatic rings. The first-order valence-corrected chi connectivity index (χ1v) is 6.98. The highest BCUT2D eigenvalue weighted by molar-refractivity contribution is 5.77. The standard InChI is InChI=1S/C13H22N2O4/c16-10-4-2-9(3-5-10)14-12(19)15-13(6-1-7-13)8-11(17)18/h9-10,16H,1-8H2,(H,17,18)(H2,14,15,19). The first-order valence-electron chi connectivity index (χ1n) is 6.98. The molecule has 6 nitrogen and oxygen atoms in total. The molecule has 2 saturated carbocycles. The van der Waals surface area contributed by atoms with Crippen molar-refractivity contribution in [1.82, 2.24) is 10.6 Å². The fourth-order valence-electron chi connectivity index (χ4n) is 2.92. The van der Waals surface area contributed by atoms with Crippen molar-refractivity contribution < 1.29 is 19.8 Å². The zero-order valence-electron chi connectivity index (χ0n) is 11.0. The molecule has 0 aromatic carbocycles. The van der Waals surface area contributed by atoms with E-state index in [9.17, 15) is 14.7 Å². The molecular formula is C13H22N2O4. The number of aliphatic carboxylic acids is 1. The van der Waals surface area contributed by atoms with Crippen molar-refractivity contribution in [3.05, 3.63) is 0 Å². The molecule has 2 aliphatic carbocycles. The Morgan fingerprint density at radius 1 is 1.16 bits per heavy atom. The van der Waals surface area contributed by atoms with Gasteiger partial charge < -0.3 is 20.8 Å². The fourth-order valence-corrected chi connectivity index (χ4v) is 2.92. The van der Waals surface area contributed by atoms with E-state index in [1.165, 1.54) is 0 Å². The Morgan fingerprint density at radius 3 is 2.26 bits per heavy atom. The second-order valence-corrected chi connectivity index (χ2v) is 5.81. The van der Waals surface area contributed by atoms with Crippen molar-refractivity contribution in [2.24, 2.45) is 0 Å². The summed E-state index contributed by atoms with van der Waals surface area (Å²) < 4.78 is 0. The molecule has 19 heavy (non-hydrogen) atoms. The van der Waals surface area contributed by atoms with Crippen LogP contribution in [0.1, 0.15) is 51.4 Å². The average molecular weight is 270 g/mol. The Hall–Kier alpha value is -1.30. The van der Waals surface area contributed by atoms with Gasteiger partial charge in [0.25, 0.3) is 0 Å². The van der Waals surface area contributed by atoms with Gasteiger partial charge in [0.2, 0.25) is 0 Å². The molecule has 0 spiro atoms. The van der Waals surface area contributed by atoms with Crippen molar-refractivity contribution >= 4 is 12.0 Å². The van der Waals surface area contributed by atoms with Crippen LogP contribution < -0.4 is 10.6 Å². The molecule has 6 heteroatoms. The predicted octanol–water partition coefficient (Wildman–Crippen LogP) is 0.986. The van der Waals surface area contributed by atoms with Gasteiger partial charge in [-0.3, -0.25) is 4.79 Å². The highest BCUT2D eigenvalue weighted by atomic mass is 16.4. The Kier molecular flexibility index (Phi) is 4.29. The largest absolute Gasteiger partial charge is 0.481 e. The molecule has 2 fully saturated rings. The van der Waals surface area contributed by atoms with Crippen LogP contribution in [0, 0.1) is 0 Å². The smallest absolute Gasteiger partial charge is 0.315 e. The van der Waals surface area contributed by atoms with Gasteiger partial charge in [-0.2, -0.15) is 0 Å². The molecule has 2 amide bonds. The van der Waals surface area contributed by atoms with Gasteiger partial charge in [0.05, 0.1) is 18.1 Å². The molecule has 2 rings (SSSR count). The molecule has 108 valence electrons. The van der Waals surface area contributed by atoms with Crippen molar-refractivity contribution in [2.45, 2.75) is 69.1 Å². The summed E-state index contributed by atoms with van der Waals surface area (Å²) >= 11 is 0. The van der Waals surface area contributed by atoms with E-state index in [1.807, 2.05) is 0 Å². The molecule has 0 bridgehead atoms. The summed E-state index contributed by atoms with van der Waals surface area (Å²) in [5.74, 6) is -0.874. The van der Waals surface area contributed by atoms with E-state index >= 15 is 0 Å². The molecule has 0 atom stereocenters. The normalized spacial score (nSPS) is 29.1. The summed E-state index contributed by atoms with van der Waals surface area (Å²) in [5.41, 5.74) is -0.551. The van der Waals surface area contributed by atoms with E-state index in [0.29, 0.717) is 12.8 Å². The third-order valence-electron chi connectivity index (χ3n) is 4.21. The number of carboxylic acids is 1. The lowest BCUT2D eigenvalue weighted by Crippen LogP contribution is -2.58. The van der Waals surface area contributed by atoms with Gasteiger partial charge >= 0.3 is 12.0 Å². The molecule has 0 aliphatic heterocycles. The fraction of sp³-hybridized carbons (Fsp3) is 0.846. The van der Waals surface area contributed by atoms with Crippen molar-refractivity contribution in [2.75, 3.05) is 0 Å². The van der Waals surface area contributed by atoms with E-state index in [1.54, 1.807) is 0 Å². The Morgan fingerprint density at radius 2 is 1.79 bits per heavy atom. The number of rotatable bonds is 4. The number of nitrogens with one attached hydrogen (secondary N) is 2. The number of aliphatic hydroxyl groups is 1. The molecule has 0 heterocycles. The molecule has 0 radical (unpaired) electrons. The van der Waals surface area contributed by atoms with E-state index in [0.717, 1.165) is 32.1 Å². The monoisotopic (exact) mass is 270 g/mol. The Balaban J connectivity index is 1.78. The third-order valence-corrected chi connectivity index (χ3v) is 4.21. The topological polar surface area (TPSA) is 98.7 Å². The minimum Gasteiger partial charge on any atom is -0.481 e. The van der Waals surface area contributed by atoms with Gasteiger partial charge in [0.1, 0.15) is 0 Å². The predicted molar refractivity (Wildman–Crippen MR) is 68.8 cm³/mol. The quantitative estimate of drug-likeness (QED) is 0.612. The van der Waals surface area contributed by atoms with Gasteiger partial charge in [-0.25, -0.2) is 4.79 Å². The van der Waals surface area contributed by atoms with Gasteiger partial charge in [-0.1, -0.05) is 0 Å². The zero-order chi connectivity index (χ0) is 13.9. The first-order chi connectivity index (χ1) is 8.99. The van der Waals surface area contributed by atoms with Crippen LogP contribution in [0.15, 0.2) is 0 Å². The third kappa shape index (κ3) is 3.83. The second kappa shape index (κ2) is 5.77. The number of carbonyl (C=O) groups excluding carboxylic acids is 1. The summed E-state index contributed by atoms with van der Waals surface area (Å²) in [7, 11) is 0. The number of carboxylic acid groups (broad SMARTS) is 1. The van der Waals surface area contributed by atoms with Gasteiger partial charge in [0.15, 0.2) is 0 Å². The maximum atomic E-state index is 11.9. The Labute approximate surface area is 112 Å². The van der Waals surface area contributed by atoms with E-state index < -0.39 is 11.5 Å². The summed E-state index contributed by atoms with van der Waals surface area (Å²) in [6.45, 7) is 0. The molecule has 0 aromatic rings. The number of amides is 2. The van der Waals surface area contributed by atoms with Crippen LogP contribution >= 0.6 is 0 Å². The minimum atomic E-state index is -0.874. The lowest BCUT2D eigenvalue weighted by molar-refractivity contribution is -0.139. The summed E-state index contributed by atoms with van der Waals surface area (Å²) in [6.07, 6.45) is 5.16. The highest BCUT2D eigenvalue weighted by Gasteiger charge is 2.40. The molecular weight excluding hydrogens is 248 g/mol. The van der Waals surface area contributed by atoms with Gasteiger partial charge in [-0.05, 0) is 44.9 Å². The number of urea groups is 1. The maximum absolute atomic E-state index is 11.9. The Bertz CT molecular complexity index is 347. The van der Waals surface area contributed by atoms with Crippen LogP contribution in [0.2, 0.25) is 0 Å². The van der Waals surface area contributed by atoms with E-state index in [-0.39, 0.29) is 24.6 Å². The maximum Gasteiger partial charge on any atom is 0.315 e. The van der Waals surface area contributed by atoms with Crippen molar-refractivity contribution in [3.8, 4) is 0 Å². The zero-order valence-corrected chi connectivity index (χ0v) is 11.0. The lowest BCUT2D eigenvalue weighted by atomic mass is 9.74. The molecule has 0 saturated heterocycles. The number of aliphatic hydroxyl groups excluding tert-OH is 1. The van der Waals surface area contributed by atoms with E-state index in [4.69, 9.17) is 5.11 Å². The second-order valence-electron chi connectivity index (χ2n) is 5.81. The minimum absolute atomic E-state index is 0.0101. The number of carbonyl (C=O) groups is 2. The van der Waals surface area contributed by atoms with Crippen LogP contribution in [-0.2, 0) is 4.79 Å².